The summed E-state index contributed by atoms with van der Waals surface area (Å²) < 4.78 is 25.8. The molecular formula is C33H46N6O5Si. The topological polar surface area (TPSA) is 113 Å². The Kier molecular flexibility index (Phi) is 8.66. The van der Waals surface area contributed by atoms with E-state index in [-0.39, 0.29) is 6.04 Å². The van der Waals surface area contributed by atoms with E-state index in [1.165, 1.54) is 0 Å². The van der Waals surface area contributed by atoms with E-state index in [0.29, 0.717) is 52.5 Å². The van der Waals surface area contributed by atoms with Crippen LogP contribution in [0, 0.1) is 0 Å². The lowest BCUT2D eigenvalue weighted by molar-refractivity contribution is 0.0149. The van der Waals surface area contributed by atoms with Crippen molar-refractivity contribution in [1.29, 1.82) is 0 Å². The number of hydrogen-bond acceptors (Lipinski definition) is 9. The van der Waals surface area contributed by atoms with E-state index in [0.717, 1.165) is 52.0 Å². The summed E-state index contributed by atoms with van der Waals surface area (Å²) in [7, 11) is -1.21. The zero-order valence-corrected chi connectivity index (χ0v) is 28.4. The first kappa shape index (κ1) is 31.5. The summed E-state index contributed by atoms with van der Waals surface area (Å²) >= 11 is 0. The number of nitrogens with zero attached hydrogens (tertiary/aromatic N) is 5. The number of carbonyl (C=O) groups excluding carboxylic acids is 1. The van der Waals surface area contributed by atoms with Crippen molar-refractivity contribution in [2.24, 2.45) is 0 Å². The van der Waals surface area contributed by atoms with Crippen molar-refractivity contribution in [3.8, 4) is 5.75 Å². The minimum atomic E-state index is -1.21. The lowest BCUT2D eigenvalue weighted by Crippen LogP contribution is -2.54. The number of aromatic nitrogens is 4. The predicted octanol–water partition coefficient (Wildman–Crippen LogP) is 5.94. The molecule has 6 rings (SSSR count). The molecule has 11 nitrogen and oxygen atoms in total. The van der Waals surface area contributed by atoms with Crippen LogP contribution in [0.1, 0.15) is 57.3 Å². The molecule has 1 atom stereocenters. The van der Waals surface area contributed by atoms with Gasteiger partial charge in [-0.2, -0.15) is 5.10 Å². The van der Waals surface area contributed by atoms with Crippen LogP contribution >= 0.6 is 0 Å². The van der Waals surface area contributed by atoms with Crippen molar-refractivity contribution in [2.45, 2.75) is 89.7 Å². The molecule has 1 spiro atoms. The Balaban J connectivity index is 1.23. The van der Waals surface area contributed by atoms with Crippen molar-refractivity contribution < 1.29 is 23.7 Å². The third kappa shape index (κ3) is 7.02. The van der Waals surface area contributed by atoms with Crippen molar-refractivity contribution in [1.82, 2.24) is 25.1 Å². The summed E-state index contributed by atoms with van der Waals surface area (Å²) in [6.07, 6.45) is 5.67. The molecule has 1 amide bonds. The first-order valence-electron chi connectivity index (χ1n) is 16.0. The maximum Gasteiger partial charge on any atom is 0.408 e. The second-order valence-corrected chi connectivity index (χ2v) is 20.0. The first-order chi connectivity index (χ1) is 21.4. The first-order valence-corrected chi connectivity index (χ1v) is 19.7. The van der Waals surface area contributed by atoms with Crippen LogP contribution < -0.4 is 15.0 Å². The van der Waals surface area contributed by atoms with Gasteiger partial charge >= 0.3 is 6.09 Å². The van der Waals surface area contributed by atoms with Gasteiger partial charge in [-0.1, -0.05) is 43.9 Å². The largest absolute Gasteiger partial charge is 0.484 e. The van der Waals surface area contributed by atoms with Crippen LogP contribution in [0.2, 0.25) is 25.7 Å². The van der Waals surface area contributed by atoms with E-state index in [2.05, 4.69) is 35.9 Å². The van der Waals surface area contributed by atoms with Crippen LogP contribution in [0.25, 0.3) is 16.7 Å². The summed E-state index contributed by atoms with van der Waals surface area (Å²) in [5, 5.41) is 8.08. The van der Waals surface area contributed by atoms with E-state index in [1.807, 2.05) is 55.9 Å². The molecule has 3 aromatic rings. The molecule has 5 heterocycles. The van der Waals surface area contributed by atoms with Gasteiger partial charge in [-0.25, -0.2) is 19.4 Å². The lowest BCUT2D eigenvalue weighted by Gasteiger charge is -2.42. The normalized spacial score (nSPS) is 19.7. The second kappa shape index (κ2) is 12.4. The fourth-order valence-corrected chi connectivity index (χ4v) is 6.93. The van der Waals surface area contributed by atoms with E-state index in [4.69, 9.17) is 34.0 Å². The highest BCUT2D eigenvalue weighted by atomic mass is 28.3. The molecule has 2 aromatic heterocycles. The molecule has 0 radical (unpaired) electrons. The molecule has 242 valence electrons. The summed E-state index contributed by atoms with van der Waals surface area (Å²) in [5.41, 5.74) is 3.30. The van der Waals surface area contributed by atoms with Gasteiger partial charge in [-0.05, 0) is 44.9 Å². The van der Waals surface area contributed by atoms with Gasteiger partial charge in [0.05, 0.1) is 19.4 Å². The Morgan fingerprint density at radius 1 is 1.18 bits per heavy atom. The van der Waals surface area contributed by atoms with Crippen LogP contribution in [-0.4, -0.2) is 78.0 Å². The van der Waals surface area contributed by atoms with Crippen LogP contribution in [0.15, 0.2) is 36.5 Å². The maximum atomic E-state index is 12.9. The molecule has 0 unspecified atom stereocenters. The van der Waals surface area contributed by atoms with Gasteiger partial charge in [0.25, 0.3) is 0 Å². The van der Waals surface area contributed by atoms with Gasteiger partial charge in [-0.3, -0.25) is 0 Å². The minimum Gasteiger partial charge on any atom is -0.484 e. The van der Waals surface area contributed by atoms with Crippen LogP contribution in [0.5, 0.6) is 5.75 Å². The molecule has 3 aliphatic rings. The SMILES string of the molecule is CC(C)(C)OC(=O)N[C@@H]1c2ccccc2OC12CCN(c1cnc3c(C4=CCOCC4)nn(COCC[Si](C)(C)C)c3n1)CC2. The smallest absolute Gasteiger partial charge is 0.408 e. The van der Waals surface area contributed by atoms with Crippen LogP contribution in [0.4, 0.5) is 10.6 Å². The quantitative estimate of drug-likeness (QED) is 0.238. The molecule has 45 heavy (non-hydrogen) atoms. The number of hydrogen-bond donors (Lipinski definition) is 1. The monoisotopic (exact) mass is 634 g/mol. The Morgan fingerprint density at radius 2 is 1.96 bits per heavy atom. The fourth-order valence-electron chi connectivity index (χ4n) is 6.18. The molecule has 1 N–H and O–H groups in total. The minimum absolute atomic E-state index is 0.315. The maximum absolute atomic E-state index is 12.9. The molecule has 1 saturated heterocycles. The molecule has 1 aromatic carbocycles. The van der Waals surface area contributed by atoms with Crippen LogP contribution in [0.3, 0.4) is 0 Å². The molecular weight excluding hydrogens is 588 g/mol. The third-order valence-electron chi connectivity index (χ3n) is 8.57. The zero-order valence-electron chi connectivity index (χ0n) is 27.4. The number of carbonyl (C=O) groups is 1. The van der Waals surface area contributed by atoms with E-state index >= 15 is 0 Å². The zero-order chi connectivity index (χ0) is 31.8. The van der Waals surface area contributed by atoms with Crippen molar-refractivity contribution in [3.63, 3.8) is 0 Å². The number of amides is 1. The summed E-state index contributed by atoms with van der Waals surface area (Å²) in [6.45, 7) is 16.3. The number of fused-ring (bicyclic) bond motifs is 2. The lowest BCUT2D eigenvalue weighted by atomic mass is 9.82. The predicted molar refractivity (Wildman–Crippen MR) is 176 cm³/mol. The van der Waals surface area contributed by atoms with Crippen LogP contribution in [-0.2, 0) is 20.9 Å². The second-order valence-electron chi connectivity index (χ2n) is 14.4. The van der Waals surface area contributed by atoms with Gasteiger partial charge in [-0.15, -0.1) is 0 Å². The standard InChI is InChI=1S/C33H46N6O5Si/c1-32(2,3)44-31(40)36-29-24-9-7-8-10-25(24)43-33(29)13-15-38(16-14-33)26-21-34-28-27(23-11-17-41-18-12-23)37-39(30(28)35-26)22-42-19-20-45(4,5)6/h7-11,21,29H,12-20,22H2,1-6H3,(H,36,40)/t29-/m1/s1. The number of ether oxygens (including phenoxy) is 4. The number of benzene rings is 1. The number of piperidine rings is 1. The average Bonchev–Trinajstić information content (AvgIpc) is 3.50. The molecule has 1 fully saturated rings. The van der Waals surface area contributed by atoms with Gasteiger partial charge in [0, 0.05) is 46.2 Å². The molecule has 0 saturated carbocycles. The third-order valence-corrected chi connectivity index (χ3v) is 10.3. The number of para-hydroxylation sites is 1. The average molecular weight is 635 g/mol. The molecule has 0 aliphatic carbocycles. The molecule has 12 heteroatoms. The molecule has 3 aliphatic heterocycles. The highest BCUT2D eigenvalue weighted by Crippen LogP contribution is 2.48. The number of nitrogens with one attached hydrogen (secondary N) is 1. The van der Waals surface area contributed by atoms with Crippen molar-refractivity contribution in [3.05, 3.63) is 47.8 Å². The van der Waals surface area contributed by atoms with E-state index < -0.39 is 25.4 Å². The van der Waals surface area contributed by atoms with E-state index in [1.54, 1.807) is 0 Å². The Morgan fingerprint density at radius 3 is 2.67 bits per heavy atom. The summed E-state index contributed by atoms with van der Waals surface area (Å²) in [5.74, 6) is 1.60. The van der Waals surface area contributed by atoms with Crippen molar-refractivity contribution in [2.75, 3.05) is 37.8 Å². The number of rotatable bonds is 8. The number of alkyl carbamates (subject to hydrolysis) is 1. The van der Waals surface area contributed by atoms with Gasteiger partial charge in [0.1, 0.15) is 46.8 Å². The van der Waals surface area contributed by atoms with Crippen molar-refractivity contribution >= 4 is 36.7 Å². The fraction of sp³-hybridized carbons (Fsp3) is 0.576. The van der Waals surface area contributed by atoms with E-state index in [9.17, 15) is 4.79 Å². The van der Waals surface area contributed by atoms with Gasteiger partial charge < -0.3 is 29.2 Å². The summed E-state index contributed by atoms with van der Waals surface area (Å²) in [6, 6.07) is 8.71. The molecule has 0 bridgehead atoms. The van der Waals surface area contributed by atoms with Gasteiger partial charge in [0.2, 0.25) is 0 Å². The highest BCUT2D eigenvalue weighted by molar-refractivity contribution is 6.76. The summed E-state index contributed by atoms with van der Waals surface area (Å²) in [4.78, 5) is 25.2. The Hall–Kier alpha value is -3.48. The Bertz CT molecular complexity index is 1570. The number of anilines is 1. The Labute approximate surface area is 266 Å². The van der Waals surface area contributed by atoms with Gasteiger partial charge in [0.15, 0.2) is 5.65 Å². The highest BCUT2D eigenvalue weighted by Gasteiger charge is 2.51.